The molecule has 2 heterocycles. The molecule has 0 aliphatic carbocycles. The molecular formula is C33H50Cl2N2O5. The predicted molar refractivity (Wildman–Crippen MR) is 169 cm³/mol. The van der Waals surface area contributed by atoms with Crippen molar-refractivity contribution in [3.8, 4) is 0 Å². The predicted octanol–water partition coefficient (Wildman–Crippen LogP) is 8.19. The van der Waals surface area contributed by atoms with Crippen molar-refractivity contribution in [2.45, 2.75) is 116 Å². The molecule has 7 nitrogen and oxygen atoms in total. The second kappa shape index (κ2) is 19.9. The third-order valence-corrected chi connectivity index (χ3v) is 8.01. The fourth-order valence-electron chi connectivity index (χ4n) is 4.97. The van der Waals surface area contributed by atoms with Gasteiger partial charge in [0.15, 0.2) is 5.15 Å². The van der Waals surface area contributed by atoms with Gasteiger partial charge in [0.1, 0.15) is 30.5 Å². The summed E-state index contributed by atoms with van der Waals surface area (Å²) in [5.74, 6) is 0. The minimum atomic E-state index is -0.383. The van der Waals surface area contributed by atoms with Crippen molar-refractivity contribution in [3.63, 3.8) is 0 Å². The first-order chi connectivity index (χ1) is 20.5. The molecule has 0 unspecified atom stereocenters. The van der Waals surface area contributed by atoms with Crippen molar-refractivity contribution in [3.05, 3.63) is 57.3 Å². The van der Waals surface area contributed by atoms with Crippen molar-refractivity contribution in [2.24, 2.45) is 0 Å². The van der Waals surface area contributed by atoms with E-state index in [9.17, 15) is 0 Å². The fourth-order valence-corrected chi connectivity index (χ4v) is 5.25. The fraction of sp³-hybridized carbons (Fsp3) is 0.697. The lowest BCUT2D eigenvalue weighted by atomic mass is 9.89. The van der Waals surface area contributed by atoms with Crippen LogP contribution in [0.15, 0.2) is 30.3 Å². The van der Waals surface area contributed by atoms with Gasteiger partial charge in [-0.25, -0.2) is 0 Å². The third kappa shape index (κ3) is 11.0. The first kappa shape index (κ1) is 35.2. The Hall–Kier alpha value is -1.32. The van der Waals surface area contributed by atoms with Crippen molar-refractivity contribution in [1.29, 1.82) is 0 Å². The molecule has 1 aromatic heterocycles. The molecule has 236 valence electrons. The highest BCUT2D eigenvalue weighted by Gasteiger charge is 2.48. The van der Waals surface area contributed by atoms with Crippen LogP contribution >= 0.6 is 23.2 Å². The lowest BCUT2D eigenvalue weighted by Crippen LogP contribution is -2.58. The van der Waals surface area contributed by atoms with E-state index in [1.165, 1.54) is 0 Å². The summed E-state index contributed by atoms with van der Waals surface area (Å²) >= 11 is 12.6. The van der Waals surface area contributed by atoms with E-state index in [1.54, 1.807) is 6.07 Å². The van der Waals surface area contributed by atoms with Crippen LogP contribution in [-0.4, -0.2) is 67.6 Å². The Labute approximate surface area is 262 Å². The molecule has 1 fully saturated rings. The van der Waals surface area contributed by atoms with Gasteiger partial charge in [-0.3, -0.25) is 0 Å². The quantitative estimate of drug-likeness (QED) is 0.137. The van der Waals surface area contributed by atoms with Gasteiger partial charge in [-0.2, -0.15) is 5.10 Å². The number of nitrogens with zero attached hydrogens (tertiary/aromatic N) is 2. The molecule has 0 saturated carbocycles. The van der Waals surface area contributed by atoms with E-state index in [0.717, 1.165) is 68.2 Å². The summed E-state index contributed by atoms with van der Waals surface area (Å²) in [6.45, 7) is 11.7. The Balaban J connectivity index is 1.97. The maximum absolute atomic E-state index is 6.89. The number of unbranched alkanes of at least 4 members (excludes halogenated alkanes) is 4. The zero-order valence-corrected chi connectivity index (χ0v) is 27.4. The zero-order valence-electron chi connectivity index (χ0n) is 25.9. The zero-order chi connectivity index (χ0) is 30.2. The van der Waals surface area contributed by atoms with Gasteiger partial charge in [0.05, 0.1) is 12.3 Å². The van der Waals surface area contributed by atoms with E-state index >= 15 is 0 Å². The first-order valence-electron chi connectivity index (χ1n) is 15.9. The summed E-state index contributed by atoms with van der Waals surface area (Å²) < 4.78 is 32.8. The molecule has 42 heavy (non-hydrogen) atoms. The van der Waals surface area contributed by atoms with Crippen molar-refractivity contribution in [1.82, 2.24) is 10.2 Å². The smallest absolute Gasteiger partial charge is 0.151 e. The summed E-state index contributed by atoms with van der Waals surface area (Å²) in [6, 6.07) is 9.65. The van der Waals surface area contributed by atoms with Crippen LogP contribution in [0.25, 0.3) is 0 Å². The maximum Gasteiger partial charge on any atom is 0.151 e. The van der Waals surface area contributed by atoms with E-state index in [-0.39, 0.29) is 30.5 Å². The Morgan fingerprint density at radius 2 is 1.33 bits per heavy atom. The Bertz CT molecular complexity index is 1010. The molecule has 9 heteroatoms. The van der Waals surface area contributed by atoms with Gasteiger partial charge in [-0.05, 0) is 55.0 Å². The van der Waals surface area contributed by atoms with Gasteiger partial charge >= 0.3 is 0 Å². The summed E-state index contributed by atoms with van der Waals surface area (Å²) in [6.07, 6.45) is 7.00. The average molecular weight is 626 g/mol. The number of ether oxygens (including phenoxy) is 5. The number of halogens is 2. The van der Waals surface area contributed by atoms with Crippen molar-refractivity contribution in [2.75, 3.05) is 33.0 Å². The van der Waals surface area contributed by atoms with Gasteiger partial charge in [-0.15, -0.1) is 5.10 Å². The SMILES string of the molecule is CCCCOC[C@H]1O[C@@H](c2ccc(Cl)c(Cc3ccc(Cl)nn3)c2)[C@H](OCCCC)[C@@H](OCCCC)[C@@H]1OCCCC. The van der Waals surface area contributed by atoms with Gasteiger partial charge < -0.3 is 23.7 Å². The van der Waals surface area contributed by atoms with Crippen molar-refractivity contribution < 1.29 is 23.7 Å². The normalized spacial score (nSPS) is 22.5. The van der Waals surface area contributed by atoms with Crippen LogP contribution in [0.1, 0.15) is 102 Å². The van der Waals surface area contributed by atoms with Crippen LogP contribution in [0.3, 0.4) is 0 Å². The highest BCUT2D eigenvalue weighted by molar-refractivity contribution is 6.31. The van der Waals surface area contributed by atoms with Crippen LogP contribution < -0.4 is 0 Å². The van der Waals surface area contributed by atoms with Gasteiger partial charge in [-0.1, -0.05) is 88.7 Å². The van der Waals surface area contributed by atoms with Gasteiger partial charge in [0.2, 0.25) is 0 Å². The molecule has 0 bridgehead atoms. The topological polar surface area (TPSA) is 71.9 Å². The second-order valence-corrected chi connectivity index (χ2v) is 11.8. The van der Waals surface area contributed by atoms with Gasteiger partial charge in [0.25, 0.3) is 0 Å². The number of aromatic nitrogens is 2. The Morgan fingerprint density at radius 3 is 1.95 bits per heavy atom. The molecule has 5 atom stereocenters. The summed E-state index contributed by atoms with van der Waals surface area (Å²) in [5.41, 5.74) is 2.70. The highest BCUT2D eigenvalue weighted by atomic mass is 35.5. The average Bonchev–Trinajstić information content (AvgIpc) is 2.99. The molecule has 0 amide bonds. The molecule has 0 radical (unpaired) electrons. The highest BCUT2D eigenvalue weighted by Crippen LogP contribution is 2.39. The lowest BCUT2D eigenvalue weighted by Gasteiger charge is -2.46. The van der Waals surface area contributed by atoms with Crippen LogP contribution in [0, 0.1) is 0 Å². The Morgan fingerprint density at radius 1 is 0.714 bits per heavy atom. The summed E-state index contributed by atoms with van der Waals surface area (Å²) in [7, 11) is 0. The molecule has 1 aromatic carbocycles. The van der Waals surface area contributed by atoms with Gasteiger partial charge in [0, 0.05) is 37.9 Å². The second-order valence-electron chi connectivity index (χ2n) is 11.0. The van der Waals surface area contributed by atoms with E-state index in [4.69, 9.17) is 46.9 Å². The third-order valence-electron chi connectivity index (χ3n) is 7.44. The Kier molecular flexibility index (Phi) is 16.6. The minimum absolute atomic E-state index is 0.297. The summed E-state index contributed by atoms with van der Waals surface area (Å²) in [5, 5.41) is 9.24. The van der Waals surface area contributed by atoms with E-state index in [1.807, 2.05) is 18.2 Å². The summed E-state index contributed by atoms with van der Waals surface area (Å²) in [4.78, 5) is 0. The minimum Gasteiger partial charge on any atom is -0.379 e. The van der Waals surface area contributed by atoms with Crippen molar-refractivity contribution >= 4 is 23.2 Å². The standard InChI is InChI=1S/C33H50Cl2N2O5/c1-5-9-17-38-23-28-31(39-18-10-6-2)33(41-20-12-8-4)32(40-19-11-7-3)30(42-28)24-13-15-27(34)25(21-24)22-26-14-16-29(35)37-36-26/h13-16,21,28,30-33H,5-12,17-20,22-23H2,1-4H3/t28-,30+,31-,32+,33+/m1/s1. The molecule has 0 N–H and O–H groups in total. The van der Waals surface area contributed by atoms with Crippen LogP contribution in [0.2, 0.25) is 10.2 Å². The number of rotatable bonds is 20. The van der Waals surface area contributed by atoms with Crippen LogP contribution in [-0.2, 0) is 30.1 Å². The molecule has 1 aliphatic heterocycles. The maximum atomic E-state index is 6.89. The number of hydrogen-bond donors (Lipinski definition) is 0. The molecule has 0 spiro atoms. The van der Waals surface area contributed by atoms with Crippen LogP contribution in [0.4, 0.5) is 0 Å². The number of benzene rings is 1. The van der Waals surface area contributed by atoms with E-state index in [2.05, 4.69) is 44.0 Å². The van der Waals surface area contributed by atoms with Crippen LogP contribution in [0.5, 0.6) is 0 Å². The molecule has 3 rings (SSSR count). The number of hydrogen-bond acceptors (Lipinski definition) is 7. The lowest BCUT2D eigenvalue weighted by molar-refractivity contribution is -0.268. The largest absolute Gasteiger partial charge is 0.379 e. The molecular weight excluding hydrogens is 575 g/mol. The molecule has 1 saturated heterocycles. The monoisotopic (exact) mass is 624 g/mol. The first-order valence-corrected chi connectivity index (χ1v) is 16.6. The molecule has 2 aromatic rings. The van der Waals surface area contributed by atoms with E-state index < -0.39 is 0 Å². The van der Waals surface area contributed by atoms with E-state index in [0.29, 0.717) is 49.6 Å². The molecule has 1 aliphatic rings.